The minimum atomic E-state index is -4.12. The fourth-order valence-corrected chi connectivity index (χ4v) is 4.73. The Balaban J connectivity index is 3.98. The first-order valence-electron chi connectivity index (χ1n) is 15.5. The Bertz CT molecular complexity index is 582. The largest absolute Gasteiger partial charge is 0.472 e. The van der Waals surface area contributed by atoms with E-state index in [1.54, 1.807) is 0 Å². The maximum atomic E-state index is 12.2. The van der Waals surface area contributed by atoms with Crippen LogP contribution >= 0.6 is 7.82 Å². The molecule has 38 heavy (non-hydrogen) atoms. The van der Waals surface area contributed by atoms with Crippen molar-refractivity contribution >= 4 is 7.82 Å². The van der Waals surface area contributed by atoms with Crippen LogP contribution in [0.1, 0.15) is 117 Å². The molecule has 0 spiro atoms. The molecule has 0 fully saturated rings. The maximum absolute atomic E-state index is 12.2. The van der Waals surface area contributed by atoms with Crippen molar-refractivity contribution in [3.05, 3.63) is 12.2 Å². The van der Waals surface area contributed by atoms with Crippen LogP contribution in [0.25, 0.3) is 0 Å². The van der Waals surface area contributed by atoms with Gasteiger partial charge in [-0.3, -0.25) is 9.05 Å². The average molecular weight is 565 g/mol. The highest BCUT2D eigenvalue weighted by molar-refractivity contribution is 7.47. The number of nitrogens with zero attached hydrogens (tertiary/aromatic N) is 1. The van der Waals surface area contributed by atoms with Crippen molar-refractivity contribution in [2.24, 2.45) is 0 Å². The first-order chi connectivity index (χ1) is 18.2. The number of phosphoric ester groups is 1. The standard InChI is InChI=1S/C30H62NO6P/c1-6-8-10-12-13-14-15-16-17-18-19-20-21-22-25-34-28-30(35-26-23-11-9-7-2)29-37-38(32,33)36-27-24-31(3,4)5/h9,11,30H,6-8,10,12-29H2,1-5H3/p+1/t30-/m1/s1. The molecule has 0 aromatic heterocycles. The number of quaternary nitrogens is 1. The minimum absolute atomic E-state index is 0.0333. The van der Waals surface area contributed by atoms with Crippen LogP contribution in [0.5, 0.6) is 0 Å². The minimum Gasteiger partial charge on any atom is -0.379 e. The second-order valence-corrected chi connectivity index (χ2v) is 12.9. The van der Waals surface area contributed by atoms with E-state index >= 15 is 0 Å². The maximum Gasteiger partial charge on any atom is 0.472 e. The summed E-state index contributed by atoms with van der Waals surface area (Å²) in [6, 6.07) is 0. The smallest absolute Gasteiger partial charge is 0.379 e. The Hall–Kier alpha value is -0.270. The van der Waals surface area contributed by atoms with Gasteiger partial charge in [-0.1, -0.05) is 109 Å². The molecule has 228 valence electrons. The van der Waals surface area contributed by atoms with Crippen LogP contribution in [0.2, 0.25) is 0 Å². The van der Waals surface area contributed by atoms with E-state index < -0.39 is 13.9 Å². The van der Waals surface area contributed by atoms with Crippen molar-refractivity contribution in [1.82, 2.24) is 0 Å². The van der Waals surface area contributed by atoms with Gasteiger partial charge >= 0.3 is 7.82 Å². The highest BCUT2D eigenvalue weighted by Gasteiger charge is 2.25. The number of rotatable bonds is 29. The molecule has 7 nitrogen and oxygen atoms in total. The second-order valence-electron chi connectivity index (χ2n) is 11.4. The van der Waals surface area contributed by atoms with Crippen molar-refractivity contribution in [1.29, 1.82) is 0 Å². The summed E-state index contributed by atoms with van der Waals surface area (Å²) in [6.07, 6.45) is 24.2. The monoisotopic (exact) mass is 564 g/mol. The summed E-state index contributed by atoms with van der Waals surface area (Å²) in [5, 5.41) is 0. The topological polar surface area (TPSA) is 74.2 Å². The molecule has 0 radical (unpaired) electrons. The summed E-state index contributed by atoms with van der Waals surface area (Å²) in [4.78, 5) is 10.0. The molecule has 0 rings (SSSR count). The zero-order valence-corrected chi connectivity index (χ0v) is 26.6. The third-order valence-corrected chi connectivity index (χ3v) is 7.41. The van der Waals surface area contributed by atoms with Gasteiger partial charge in [-0.2, -0.15) is 0 Å². The van der Waals surface area contributed by atoms with Crippen molar-refractivity contribution in [2.45, 2.75) is 123 Å². The van der Waals surface area contributed by atoms with Crippen molar-refractivity contribution < 1.29 is 32.5 Å². The highest BCUT2D eigenvalue weighted by Crippen LogP contribution is 2.43. The molecular formula is C30H63NO6P+. The molecule has 0 saturated carbocycles. The first-order valence-corrected chi connectivity index (χ1v) is 17.0. The predicted molar refractivity (Wildman–Crippen MR) is 160 cm³/mol. The fraction of sp³-hybridized carbons (Fsp3) is 0.933. The molecule has 1 unspecified atom stereocenters. The van der Waals surface area contributed by atoms with Gasteiger partial charge in [0.2, 0.25) is 0 Å². The Morgan fingerprint density at radius 1 is 0.711 bits per heavy atom. The van der Waals surface area contributed by atoms with Crippen molar-refractivity contribution in [3.8, 4) is 0 Å². The molecular weight excluding hydrogens is 501 g/mol. The van der Waals surface area contributed by atoms with Gasteiger partial charge in [0.15, 0.2) is 0 Å². The van der Waals surface area contributed by atoms with E-state index in [4.69, 9.17) is 18.5 Å². The zero-order valence-electron chi connectivity index (χ0n) is 25.7. The van der Waals surface area contributed by atoms with Crippen LogP contribution < -0.4 is 0 Å². The molecule has 0 heterocycles. The molecule has 0 amide bonds. The normalized spacial score (nSPS) is 14.8. The lowest BCUT2D eigenvalue weighted by atomic mass is 10.0. The molecule has 0 aliphatic rings. The van der Waals surface area contributed by atoms with E-state index in [1.165, 1.54) is 83.5 Å². The van der Waals surface area contributed by atoms with Gasteiger partial charge in [0, 0.05) is 6.61 Å². The summed E-state index contributed by atoms with van der Waals surface area (Å²) < 4.78 is 34.9. The van der Waals surface area contributed by atoms with E-state index in [2.05, 4.69) is 26.0 Å². The van der Waals surface area contributed by atoms with Gasteiger partial charge in [0.25, 0.3) is 0 Å². The quantitative estimate of drug-likeness (QED) is 0.0429. The zero-order chi connectivity index (χ0) is 28.4. The molecule has 0 bridgehead atoms. The van der Waals surface area contributed by atoms with E-state index in [-0.39, 0.29) is 13.2 Å². The Morgan fingerprint density at radius 3 is 1.79 bits per heavy atom. The van der Waals surface area contributed by atoms with Crippen molar-refractivity contribution in [3.63, 3.8) is 0 Å². The summed E-state index contributed by atoms with van der Waals surface area (Å²) in [6.45, 7) is 6.63. The van der Waals surface area contributed by atoms with Gasteiger partial charge in [0.1, 0.15) is 19.3 Å². The average Bonchev–Trinajstić information content (AvgIpc) is 2.85. The van der Waals surface area contributed by atoms with E-state index in [0.717, 1.165) is 19.3 Å². The van der Waals surface area contributed by atoms with Gasteiger partial charge in [0.05, 0.1) is 41.0 Å². The molecule has 0 aromatic carbocycles. The van der Waals surface area contributed by atoms with E-state index in [1.807, 2.05) is 21.1 Å². The Kier molecular flexibility index (Phi) is 25.5. The summed E-state index contributed by atoms with van der Waals surface area (Å²) in [5.41, 5.74) is 0. The lowest BCUT2D eigenvalue weighted by molar-refractivity contribution is -0.870. The fourth-order valence-electron chi connectivity index (χ4n) is 3.99. The van der Waals surface area contributed by atoms with Gasteiger partial charge in [-0.15, -0.1) is 0 Å². The molecule has 2 atom stereocenters. The van der Waals surface area contributed by atoms with Crippen molar-refractivity contribution in [2.75, 3.05) is 60.7 Å². The summed E-state index contributed by atoms with van der Waals surface area (Å²) >= 11 is 0. The van der Waals surface area contributed by atoms with Crippen LogP contribution in [0.15, 0.2) is 12.2 Å². The Morgan fingerprint density at radius 2 is 1.26 bits per heavy atom. The van der Waals surface area contributed by atoms with Gasteiger partial charge in [-0.25, -0.2) is 4.57 Å². The molecule has 0 aromatic rings. The number of hydrogen-bond donors (Lipinski definition) is 1. The van der Waals surface area contributed by atoms with Crippen LogP contribution in [-0.4, -0.2) is 76.2 Å². The van der Waals surface area contributed by atoms with Gasteiger partial charge in [-0.05, 0) is 19.3 Å². The molecule has 0 aliphatic heterocycles. The second kappa shape index (κ2) is 25.7. The number of hydrogen-bond acceptors (Lipinski definition) is 5. The third-order valence-electron chi connectivity index (χ3n) is 6.43. The third kappa shape index (κ3) is 28.7. The van der Waals surface area contributed by atoms with Crippen LogP contribution in [0, 0.1) is 0 Å². The van der Waals surface area contributed by atoms with E-state index in [9.17, 15) is 9.46 Å². The molecule has 0 saturated heterocycles. The van der Waals surface area contributed by atoms with Crippen LogP contribution in [-0.2, 0) is 23.1 Å². The Labute approximate surface area is 235 Å². The SMILES string of the molecule is CCC=CCCO[C@H](COCCCCCCCCCCCCCCCC)COP(=O)(O)OCC[N+](C)(C)C. The van der Waals surface area contributed by atoms with Crippen LogP contribution in [0.3, 0.4) is 0 Å². The summed E-state index contributed by atoms with van der Waals surface area (Å²) in [5.74, 6) is 0. The van der Waals surface area contributed by atoms with Crippen LogP contribution in [0.4, 0.5) is 0 Å². The molecule has 1 N–H and O–H groups in total. The lowest BCUT2D eigenvalue weighted by Gasteiger charge is -2.24. The number of unbranched alkanes of at least 4 members (excludes halogenated alkanes) is 13. The number of phosphoric acid groups is 1. The highest BCUT2D eigenvalue weighted by atomic mass is 31.2. The molecule has 0 aliphatic carbocycles. The summed E-state index contributed by atoms with van der Waals surface area (Å²) in [7, 11) is 1.88. The number of allylic oxidation sites excluding steroid dienone is 1. The lowest BCUT2D eigenvalue weighted by Crippen LogP contribution is -2.37. The first kappa shape index (κ1) is 37.7. The number of likely N-dealkylation sites (N-methyl/N-ethyl adjacent to an activating group) is 1. The predicted octanol–water partition coefficient (Wildman–Crippen LogP) is 8.07. The molecule has 8 heteroatoms. The number of ether oxygens (including phenoxy) is 2. The van der Waals surface area contributed by atoms with Gasteiger partial charge < -0.3 is 18.9 Å². The van der Waals surface area contributed by atoms with E-state index in [0.29, 0.717) is 30.8 Å².